The number of hydrogen-bond donors (Lipinski definition) is 0. The van der Waals surface area contributed by atoms with Gasteiger partial charge in [-0.05, 0) is 34.8 Å². The van der Waals surface area contributed by atoms with Crippen molar-refractivity contribution in [3.63, 3.8) is 0 Å². The number of halogens is 2. The summed E-state index contributed by atoms with van der Waals surface area (Å²) in [6.07, 6.45) is 1.29. The van der Waals surface area contributed by atoms with E-state index in [1.807, 2.05) is 0 Å². The summed E-state index contributed by atoms with van der Waals surface area (Å²) >= 11 is 11.0. The van der Waals surface area contributed by atoms with Gasteiger partial charge in [-0.2, -0.15) is 5.26 Å². The number of allylic oxidation sites excluding steroid dienone is 1. The quantitative estimate of drug-likeness (QED) is 0.207. The minimum absolute atomic E-state index is 0.195. The van der Waals surface area contributed by atoms with Crippen LogP contribution in [0.25, 0.3) is 16.5 Å². The van der Waals surface area contributed by atoms with Gasteiger partial charge in [-0.3, -0.25) is 4.79 Å². The van der Waals surface area contributed by atoms with Gasteiger partial charge in [-0.15, -0.1) is 0 Å². The molecule has 5 nitrogen and oxygen atoms in total. The Morgan fingerprint density at radius 2 is 2.29 bits per heavy atom. The van der Waals surface area contributed by atoms with Gasteiger partial charge in [-0.25, -0.2) is 0 Å². The zero-order valence-corrected chi connectivity index (χ0v) is 9.77. The van der Waals surface area contributed by atoms with Crippen molar-refractivity contribution in [1.29, 1.82) is 5.26 Å². The normalized spacial score (nSPS) is 10.3. The van der Waals surface area contributed by atoms with E-state index in [1.165, 1.54) is 18.2 Å². The van der Waals surface area contributed by atoms with Crippen molar-refractivity contribution in [2.75, 3.05) is 0 Å². The van der Waals surface area contributed by atoms with Crippen molar-refractivity contribution in [3.05, 3.63) is 44.8 Å². The van der Waals surface area contributed by atoms with E-state index < -0.39 is 5.24 Å². The maximum Gasteiger partial charge on any atom is 0.262 e. The summed E-state index contributed by atoms with van der Waals surface area (Å²) in [5, 5.41) is 11.4. The van der Waals surface area contributed by atoms with Crippen LogP contribution in [0.15, 0.2) is 28.9 Å². The number of rotatable bonds is 3. The highest BCUT2D eigenvalue weighted by molar-refractivity contribution is 6.68. The second kappa shape index (κ2) is 5.92. The maximum atomic E-state index is 10.8. The van der Waals surface area contributed by atoms with Gasteiger partial charge in [0.05, 0.1) is 10.7 Å². The second-order valence-corrected chi connectivity index (χ2v) is 3.59. The third-order valence-electron chi connectivity index (χ3n) is 1.77. The number of nitrogens with zero attached hydrogens (tertiary/aromatic N) is 4. The fourth-order valence-corrected chi connectivity index (χ4v) is 1.37. The average molecular weight is 267 g/mol. The lowest BCUT2D eigenvalue weighted by molar-refractivity contribution is -0.108. The molecule has 0 aliphatic rings. The Morgan fingerprint density at radius 3 is 2.76 bits per heavy atom. The molecule has 0 aliphatic heterocycles. The summed E-state index contributed by atoms with van der Waals surface area (Å²) < 4.78 is 0. The van der Waals surface area contributed by atoms with E-state index in [0.717, 1.165) is 0 Å². The zero-order chi connectivity index (χ0) is 12.8. The van der Waals surface area contributed by atoms with E-state index in [-0.39, 0.29) is 16.3 Å². The molecule has 1 aromatic carbocycles. The predicted molar refractivity (Wildman–Crippen MR) is 64.7 cm³/mol. The van der Waals surface area contributed by atoms with Crippen molar-refractivity contribution < 1.29 is 4.79 Å². The zero-order valence-electron chi connectivity index (χ0n) is 8.26. The molecule has 0 saturated carbocycles. The average Bonchev–Trinajstić information content (AvgIpc) is 2.29. The summed E-state index contributed by atoms with van der Waals surface area (Å²) in [7, 11) is 0. The minimum atomic E-state index is -0.845. The van der Waals surface area contributed by atoms with Crippen molar-refractivity contribution in [1.82, 2.24) is 0 Å². The minimum Gasteiger partial charge on any atom is -0.275 e. The number of azide groups is 1. The summed E-state index contributed by atoms with van der Waals surface area (Å²) in [4.78, 5) is 13.4. The maximum absolute atomic E-state index is 10.8. The fourth-order valence-electron chi connectivity index (χ4n) is 1.04. The largest absolute Gasteiger partial charge is 0.275 e. The summed E-state index contributed by atoms with van der Waals surface area (Å²) in [6.45, 7) is 0. The van der Waals surface area contributed by atoms with Gasteiger partial charge >= 0.3 is 0 Å². The van der Waals surface area contributed by atoms with Crippen molar-refractivity contribution in [2.24, 2.45) is 5.11 Å². The highest BCUT2D eigenvalue weighted by atomic mass is 35.5. The van der Waals surface area contributed by atoms with Gasteiger partial charge in [0, 0.05) is 4.91 Å². The molecule has 0 spiro atoms. The van der Waals surface area contributed by atoms with E-state index in [0.29, 0.717) is 5.56 Å². The van der Waals surface area contributed by atoms with Crippen molar-refractivity contribution in [2.45, 2.75) is 0 Å². The lowest BCUT2D eigenvalue weighted by atomic mass is 10.1. The molecular weight excluding hydrogens is 263 g/mol. The number of benzene rings is 1. The summed E-state index contributed by atoms with van der Waals surface area (Å²) in [5.74, 6) is 0. The molecule has 0 N–H and O–H groups in total. The molecule has 0 radical (unpaired) electrons. The van der Waals surface area contributed by atoms with E-state index in [2.05, 4.69) is 10.0 Å². The smallest absolute Gasteiger partial charge is 0.262 e. The van der Waals surface area contributed by atoms with Crippen LogP contribution in [-0.2, 0) is 4.79 Å². The van der Waals surface area contributed by atoms with Crippen LogP contribution in [0.4, 0.5) is 5.69 Å². The molecule has 1 rings (SSSR count). The van der Waals surface area contributed by atoms with Crippen LogP contribution in [-0.4, -0.2) is 5.24 Å². The Labute approximate surface area is 106 Å². The van der Waals surface area contributed by atoms with Gasteiger partial charge < -0.3 is 0 Å². The van der Waals surface area contributed by atoms with Gasteiger partial charge in [0.25, 0.3) is 5.24 Å². The number of carbonyl (C=O) groups is 1. The van der Waals surface area contributed by atoms with Crippen LogP contribution in [0.3, 0.4) is 0 Å². The third kappa shape index (κ3) is 3.51. The lowest BCUT2D eigenvalue weighted by Gasteiger charge is -1.99. The Kier molecular flexibility index (Phi) is 4.56. The SMILES string of the molecule is N#CC(=Cc1ccc(N=[N+]=[N-])c(Cl)c1)C(=O)Cl. The first-order chi connectivity index (χ1) is 8.08. The molecule has 0 amide bonds. The summed E-state index contributed by atoms with van der Waals surface area (Å²) in [5.41, 5.74) is 8.83. The number of nitriles is 1. The Hall–Kier alpha value is -1.99. The van der Waals surface area contributed by atoms with Crippen LogP contribution < -0.4 is 0 Å². The lowest BCUT2D eigenvalue weighted by Crippen LogP contribution is -1.89. The van der Waals surface area contributed by atoms with Gasteiger partial charge in [0.1, 0.15) is 11.6 Å². The number of carbonyl (C=O) groups excluding carboxylic acids is 1. The van der Waals surface area contributed by atoms with Crippen molar-refractivity contribution >= 4 is 40.2 Å². The molecule has 0 fully saturated rings. The van der Waals surface area contributed by atoms with Crippen LogP contribution >= 0.6 is 23.2 Å². The Balaban J connectivity index is 3.19. The van der Waals surface area contributed by atoms with Gasteiger partial charge in [-0.1, -0.05) is 28.8 Å². The summed E-state index contributed by atoms with van der Waals surface area (Å²) in [6, 6.07) is 6.15. The Morgan fingerprint density at radius 1 is 1.59 bits per heavy atom. The topological polar surface area (TPSA) is 89.6 Å². The Bertz CT molecular complexity index is 582. The van der Waals surface area contributed by atoms with E-state index in [9.17, 15) is 4.79 Å². The van der Waals surface area contributed by atoms with Crippen LogP contribution in [0.5, 0.6) is 0 Å². The molecule has 84 valence electrons. The van der Waals surface area contributed by atoms with E-state index in [1.54, 1.807) is 12.1 Å². The molecular formula is C10H4Cl2N4O. The first-order valence-electron chi connectivity index (χ1n) is 4.24. The molecule has 0 heterocycles. The molecule has 0 unspecified atom stereocenters. The monoisotopic (exact) mass is 266 g/mol. The molecule has 7 heteroatoms. The van der Waals surface area contributed by atoms with Crippen LogP contribution in [0, 0.1) is 11.3 Å². The third-order valence-corrected chi connectivity index (χ3v) is 2.27. The highest BCUT2D eigenvalue weighted by Gasteiger charge is 2.05. The van der Waals surface area contributed by atoms with Crippen LogP contribution in [0.1, 0.15) is 5.56 Å². The second-order valence-electron chi connectivity index (χ2n) is 2.84. The standard InChI is InChI=1S/C10H4Cl2N4O/c11-8-4-6(1-2-9(8)15-16-14)3-7(5-13)10(12)17/h1-4H. The van der Waals surface area contributed by atoms with Gasteiger partial charge in [0.15, 0.2) is 0 Å². The highest BCUT2D eigenvalue weighted by Crippen LogP contribution is 2.26. The first kappa shape index (κ1) is 13.1. The predicted octanol–water partition coefficient (Wildman–Crippen LogP) is 3.95. The molecule has 0 aromatic heterocycles. The number of hydrogen-bond acceptors (Lipinski definition) is 3. The molecule has 0 saturated heterocycles. The molecule has 0 atom stereocenters. The van der Waals surface area contributed by atoms with E-state index in [4.69, 9.17) is 34.0 Å². The van der Waals surface area contributed by atoms with Gasteiger partial charge in [0.2, 0.25) is 0 Å². The molecule has 1 aromatic rings. The molecule has 0 aliphatic carbocycles. The fraction of sp³-hybridized carbons (Fsp3) is 0. The first-order valence-corrected chi connectivity index (χ1v) is 5.00. The van der Waals surface area contributed by atoms with E-state index >= 15 is 0 Å². The van der Waals surface area contributed by atoms with Crippen molar-refractivity contribution in [3.8, 4) is 6.07 Å². The molecule has 17 heavy (non-hydrogen) atoms. The molecule has 0 bridgehead atoms. The van der Waals surface area contributed by atoms with Crippen LogP contribution in [0.2, 0.25) is 5.02 Å².